The number of para-hydroxylation sites is 1. The van der Waals surface area contributed by atoms with Crippen molar-refractivity contribution in [2.45, 2.75) is 6.10 Å². The summed E-state index contributed by atoms with van der Waals surface area (Å²) in [6.45, 7) is 0.00748. The number of nitrogens with two attached hydrogens (primary N) is 2. The highest BCUT2D eigenvalue weighted by Crippen LogP contribution is 2.27. The number of carbonyl (C=O) groups is 1. The number of aliphatic hydroxyl groups is 1. The fourth-order valence-electron chi connectivity index (χ4n) is 1.65. The van der Waals surface area contributed by atoms with E-state index in [4.69, 9.17) is 11.5 Å². The van der Waals surface area contributed by atoms with E-state index in [0.717, 1.165) is 10.9 Å². The summed E-state index contributed by atoms with van der Waals surface area (Å²) >= 11 is 0. The molecule has 1 amide bonds. The maximum atomic E-state index is 10.8. The summed E-state index contributed by atoms with van der Waals surface area (Å²) in [5.74, 6) is -0.778. The zero-order valence-corrected chi connectivity index (χ0v) is 9.63. The number of hydrogen-bond donors (Lipinski definition) is 4. The van der Waals surface area contributed by atoms with E-state index in [2.05, 4.69) is 10.3 Å². The molecule has 2 rings (SSSR count). The SMILES string of the molecule is NC(=O)C(O)CNc1c(N)cnc2ccccc12. The highest BCUT2D eigenvalue weighted by atomic mass is 16.3. The summed E-state index contributed by atoms with van der Waals surface area (Å²) in [6, 6.07) is 7.44. The number of hydrogen-bond acceptors (Lipinski definition) is 5. The van der Waals surface area contributed by atoms with Crippen molar-refractivity contribution in [3.05, 3.63) is 30.5 Å². The highest BCUT2D eigenvalue weighted by molar-refractivity contribution is 5.97. The lowest BCUT2D eigenvalue weighted by Gasteiger charge is -2.13. The monoisotopic (exact) mass is 246 g/mol. The molecule has 1 atom stereocenters. The van der Waals surface area contributed by atoms with E-state index in [0.29, 0.717) is 11.4 Å². The summed E-state index contributed by atoms with van der Waals surface area (Å²) < 4.78 is 0. The van der Waals surface area contributed by atoms with Crippen LogP contribution in [0.1, 0.15) is 0 Å². The van der Waals surface area contributed by atoms with Gasteiger partial charge in [-0.25, -0.2) is 0 Å². The van der Waals surface area contributed by atoms with Gasteiger partial charge in [-0.05, 0) is 6.07 Å². The Morgan fingerprint density at radius 3 is 2.89 bits per heavy atom. The zero-order chi connectivity index (χ0) is 13.1. The minimum atomic E-state index is -1.25. The predicted octanol–water partition coefficient (Wildman–Crippen LogP) is 0.0751. The number of fused-ring (bicyclic) bond motifs is 1. The Labute approximate surface area is 104 Å². The first kappa shape index (κ1) is 12.1. The number of aromatic nitrogens is 1. The predicted molar refractivity (Wildman–Crippen MR) is 69.8 cm³/mol. The Kier molecular flexibility index (Phi) is 3.29. The minimum Gasteiger partial charge on any atom is -0.396 e. The fraction of sp³-hybridized carbons (Fsp3) is 0.167. The van der Waals surface area contributed by atoms with Gasteiger partial charge in [-0.1, -0.05) is 18.2 Å². The van der Waals surface area contributed by atoms with Crippen molar-refractivity contribution in [1.29, 1.82) is 0 Å². The summed E-state index contributed by atoms with van der Waals surface area (Å²) in [5.41, 5.74) is 12.7. The average molecular weight is 246 g/mol. The molecule has 0 saturated carbocycles. The van der Waals surface area contributed by atoms with Gasteiger partial charge in [0.05, 0.1) is 23.1 Å². The third kappa shape index (κ3) is 2.33. The molecule has 6 nitrogen and oxygen atoms in total. The number of pyridine rings is 1. The molecule has 0 aliphatic heterocycles. The number of nitrogens with one attached hydrogen (secondary N) is 1. The van der Waals surface area contributed by atoms with Crippen molar-refractivity contribution < 1.29 is 9.90 Å². The van der Waals surface area contributed by atoms with Crippen LogP contribution >= 0.6 is 0 Å². The van der Waals surface area contributed by atoms with Crippen LogP contribution in [0.3, 0.4) is 0 Å². The number of nitrogens with zero attached hydrogens (tertiary/aromatic N) is 1. The Hall–Kier alpha value is -2.34. The van der Waals surface area contributed by atoms with Crippen molar-refractivity contribution in [3.63, 3.8) is 0 Å². The first-order valence-electron chi connectivity index (χ1n) is 5.44. The number of carbonyl (C=O) groups excluding carboxylic acids is 1. The van der Waals surface area contributed by atoms with Crippen molar-refractivity contribution in [2.24, 2.45) is 5.73 Å². The van der Waals surface area contributed by atoms with Crippen LogP contribution in [0, 0.1) is 0 Å². The number of aliphatic hydroxyl groups excluding tert-OH is 1. The smallest absolute Gasteiger partial charge is 0.248 e. The van der Waals surface area contributed by atoms with Crippen LogP contribution in [0.25, 0.3) is 10.9 Å². The second-order valence-corrected chi connectivity index (χ2v) is 3.90. The van der Waals surface area contributed by atoms with Gasteiger partial charge < -0.3 is 21.9 Å². The van der Waals surface area contributed by atoms with Gasteiger partial charge in [0.1, 0.15) is 6.10 Å². The summed E-state index contributed by atoms with van der Waals surface area (Å²) in [5, 5.41) is 13.1. The van der Waals surface area contributed by atoms with Crippen LogP contribution in [0.5, 0.6) is 0 Å². The molecule has 0 aliphatic carbocycles. The van der Waals surface area contributed by atoms with Crippen LogP contribution in [-0.4, -0.2) is 28.6 Å². The van der Waals surface area contributed by atoms with Crippen molar-refractivity contribution in [2.75, 3.05) is 17.6 Å². The molecule has 2 aromatic rings. The molecule has 6 heteroatoms. The number of nitrogen functional groups attached to an aromatic ring is 1. The molecule has 1 aromatic heterocycles. The molecular weight excluding hydrogens is 232 g/mol. The van der Waals surface area contributed by atoms with Crippen LogP contribution < -0.4 is 16.8 Å². The quantitative estimate of drug-likeness (QED) is 0.609. The van der Waals surface area contributed by atoms with Gasteiger partial charge in [0.15, 0.2) is 0 Å². The number of primary amides is 1. The standard InChI is InChI=1S/C12H14N4O2/c13-8-5-15-9-4-2-1-3-7(9)11(8)16-6-10(17)12(14)18/h1-5,10,17H,6,13H2,(H2,14,18)(H,15,16). The van der Waals surface area contributed by atoms with E-state index in [1.54, 1.807) is 0 Å². The molecule has 18 heavy (non-hydrogen) atoms. The maximum absolute atomic E-state index is 10.8. The fourth-order valence-corrected chi connectivity index (χ4v) is 1.65. The summed E-state index contributed by atoms with van der Waals surface area (Å²) in [4.78, 5) is 14.9. The summed E-state index contributed by atoms with van der Waals surface area (Å²) in [7, 11) is 0. The van der Waals surface area contributed by atoms with E-state index in [1.165, 1.54) is 6.20 Å². The number of anilines is 2. The van der Waals surface area contributed by atoms with Crippen LogP contribution in [0.2, 0.25) is 0 Å². The van der Waals surface area contributed by atoms with E-state index in [9.17, 15) is 9.90 Å². The molecular formula is C12H14N4O2. The number of benzene rings is 1. The Balaban J connectivity index is 2.32. The average Bonchev–Trinajstić information content (AvgIpc) is 2.37. The zero-order valence-electron chi connectivity index (χ0n) is 9.63. The van der Waals surface area contributed by atoms with Crippen molar-refractivity contribution in [1.82, 2.24) is 4.98 Å². The lowest BCUT2D eigenvalue weighted by molar-refractivity contribution is -0.125. The second-order valence-electron chi connectivity index (χ2n) is 3.90. The topological polar surface area (TPSA) is 114 Å². The summed E-state index contributed by atoms with van der Waals surface area (Å²) in [6.07, 6.45) is 0.276. The Morgan fingerprint density at radius 2 is 2.17 bits per heavy atom. The van der Waals surface area contributed by atoms with Gasteiger partial charge in [0.2, 0.25) is 5.91 Å². The first-order valence-corrected chi connectivity index (χ1v) is 5.44. The largest absolute Gasteiger partial charge is 0.396 e. The van der Waals surface area contributed by atoms with Crippen molar-refractivity contribution >= 4 is 28.2 Å². The maximum Gasteiger partial charge on any atom is 0.248 e. The lowest BCUT2D eigenvalue weighted by Crippen LogP contribution is -2.34. The Bertz CT molecular complexity index is 585. The lowest BCUT2D eigenvalue weighted by atomic mass is 10.1. The van der Waals surface area contributed by atoms with Gasteiger partial charge in [0, 0.05) is 11.9 Å². The molecule has 0 fully saturated rings. The molecule has 0 saturated heterocycles. The van der Waals surface area contributed by atoms with E-state index >= 15 is 0 Å². The van der Waals surface area contributed by atoms with Crippen LogP contribution in [-0.2, 0) is 4.79 Å². The van der Waals surface area contributed by atoms with Crippen molar-refractivity contribution in [3.8, 4) is 0 Å². The van der Waals surface area contributed by atoms with Gasteiger partial charge in [0.25, 0.3) is 0 Å². The Morgan fingerprint density at radius 1 is 1.44 bits per heavy atom. The molecule has 1 unspecified atom stereocenters. The van der Waals surface area contributed by atoms with E-state index < -0.39 is 12.0 Å². The molecule has 1 heterocycles. The molecule has 0 spiro atoms. The van der Waals surface area contributed by atoms with Gasteiger partial charge in [-0.15, -0.1) is 0 Å². The van der Waals surface area contributed by atoms with E-state index in [1.807, 2.05) is 24.3 Å². The highest BCUT2D eigenvalue weighted by Gasteiger charge is 2.12. The van der Waals surface area contributed by atoms with Gasteiger partial charge in [-0.2, -0.15) is 0 Å². The van der Waals surface area contributed by atoms with Gasteiger partial charge >= 0.3 is 0 Å². The first-order chi connectivity index (χ1) is 8.59. The third-order valence-electron chi connectivity index (χ3n) is 2.61. The number of amides is 1. The molecule has 1 aromatic carbocycles. The normalized spacial score (nSPS) is 12.3. The minimum absolute atomic E-state index is 0.00748. The molecule has 0 aliphatic rings. The third-order valence-corrected chi connectivity index (χ3v) is 2.61. The van der Waals surface area contributed by atoms with Crippen LogP contribution in [0.15, 0.2) is 30.5 Å². The second kappa shape index (κ2) is 4.89. The van der Waals surface area contributed by atoms with Gasteiger partial charge in [-0.3, -0.25) is 9.78 Å². The molecule has 0 radical (unpaired) electrons. The molecule has 6 N–H and O–H groups in total. The van der Waals surface area contributed by atoms with E-state index in [-0.39, 0.29) is 6.54 Å². The van der Waals surface area contributed by atoms with Crippen LogP contribution in [0.4, 0.5) is 11.4 Å². The molecule has 94 valence electrons. The molecule has 0 bridgehead atoms. The number of rotatable bonds is 4.